The second-order valence-corrected chi connectivity index (χ2v) is 7.22. The molecule has 4 amide bonds. The summed E-state index contributed by atoms with van der Waals surface area (Å²) in [4.78, 5) is 58.8. The second kappa shape index (κ2) is 13.7. The summed E-state index contributed by atoms with van der Waals surface area (Å²) in [5, 5.41) is 25.6. The Morgan fingerprint density at radius 3 is 2.00 bits per heavy atom. The molecule has 0 aliphatic carbocycles. The molecule has 0 bridgehead atoms. The number of carbonyl (C=O) groups is 5. The molecule has 0 aromatic heterocycles. The summed E-state index contributed by atoms with van der Waals surface area (Å²) < 4.78 is 0. The number of primary amides is 1. The van der Waals surface area contributed by atoms with Crippen molar-refractivity contribution in [3.05, 3.63) is 0 Å². The monoisotopic (exact) mass is 435 g/mol. The molecule has 0 aromatic rings. The third-order valence-electron chi connectivity index (χ3n) is 3.81. The van der Waals surface area contributed by atoms with Crippen LogP contribution in [0.3, 0.4) is 0 Å². The standard InChI is InChI=1S/C16H29N5O7S/c1-8(22)13(16(27)28)21-15(26)10(5-6-29-2)20-14(25)9(3-4-11(18)23)19-12(24)7-17/h8-10,13,22H,3-7,17H2,1-2H3,(H2,18,23)(H,19,24)(H,20,25)(H,21,26)(H,27,28). The maximum Gasteiger partial charge on any atom is 0.328 e. The molecule has 166 valence electrons. The number of nitrogens with two attached hydrogens (primary N) is 2. The molecule has 0 aliphatic rings. The lowest BCUT2D eigenvalue weighted by Crippen LogP contribution is -2.57. The molecule has 0 saturated carbocycles. The molecule has 0 saturated heterocycles. The van der Waals surface area contributed by atoms with Crippen LogP contribution in [0.5, 0.6) is 0 Å². The summed E-state index contributed by atoms with van der Waals surface area (Å²) >= 11 is 1.40. The summed E-state index contributed by atoms with van der Waals surface area (Å²) in [6, 6.07) is -3.84. The number of carboxylic acid groups (broad SMARTS) is 1. The molecule has 0 rings (SSSR count). The number of aliphatic carboxylic acids is 1. The first-order chi connectivity index (χ1) is 13.5. The Kier molecular flexibility index (Phi) is 12.6. The Bertz CT molecular complexity index is 602. The maximum atomic E-state index is 12.6. The van der Waals surface area contributed by atoms with Crippen LogP contribution in [-0.2, 0) is 24.0 Å². The van der Waals surface area contributed by atoms with Crippen molar-refractivity contribution in [2.75, 3.05) is 18.6 Å². The van der Waals surface area contributed by atoms with Crippen molar-refractivity contribution in [1.29, 1.82) is 0 Å². The SMILES string of the molecule is CSCCC(NC(=O)C(CCC(N)=O)NC(=O)CN)C(=O)NC(C(=O)O)C(C)O. The van der Waals surface area contributed by atoms with E-state index < -0.39 is 53.8 Å². The van der Waals surface area contributed by atoms with Crippen LogP contribution < -0.4 is 27.4 Å². The van der Waals surface area contributed by atoms with Crippen molar-refractivity contribution in [1.82, 2.24) is 16.0 Å². The summed E-state index contributed by atoms with van der Waals surface area (Å²) in [6.07, 6.45) is 0.297. The Morgan fingerprint density at radius 2 is 1.55 bits per heavy atom. The van der Waals surface area contributed by atoms with E-state index in [0.29, 0.717) is 5.75 Å². The lowest BCUT2D eigenvalue weighted by molar-refractivity contribution is -0.145. The molecule has 4 unspecified atom stereocenters. The van der Waals surface area contributed by atoms with Gasteiger partial charge in [0.2, 0.25) is 23.6 Å². The van der Waals surface area contributed by atoms with E-state index in [4.69, 9.17) is 16.6 Å². The first kappa shape index (κ1) is 26.6. The fraction of sp³-hybridized carbons (Fsp3) is 0.688. The van der Waals surface area contributed by atoms with Crippen LogP contribution >= 0.6 is 11.8 Å². The van der Waals surface area contributed by atoms with Gasteiger partial charge in [0.15, 0.2) is 6.04 Å². The van der Waals surface area contributed by atoms with Gasteiger partial charge >= 0.3 is 5.97 Å². The minimum absolute atomic E-state index is 0.102. The molecule has 0 aromatic carbocycles. The molecule has 12 nitrogen and oxygen atoms in total. The molecule has 0 aliphatic heterocycles. The number of aliphatic hydroxyl groups excluding tert-OH is 1. The van der Waals surface area contributed by atoms with Gasteiger partial charge in [0.1, 0.15) is 12.1 Å². The molecule has 0 radical (unpaired) electrons. The summed E-state index contributed by atoms with van der Waals surface area (Å²) in [6.45, 7) is 0.822. The quantitative estimate of drug-likeness (QED) is 0.147. The summed E-state index contributed by atoms with van der Waals surface area (Å²) in [7, 11) is 0. The molecular weight excluding hydrogens is 406 g/mol. The summed E-state index contributed by atoms with van der Waals surface area (Å²) in [5.74, 6) is -3.84. The average Bonchev–Trinajstić information content (AvgIpc) is 2.64. The molecule has 0 heterocycles. The first-order valence-electron chi connectivity index (χ1n) is 8.81. The fourth-order valence-electron chi connectivity index (χ4n) is 2.23. The zero-order chi connectivity index (χ0) is 22.6. The predicted octanol–water partition coefficient (Wildman–Crippen LogP) is -3.12. The van der Waals surface area contributed by atoms with Gasteiger partial charge in [0.25, 0.3) is 0 Å². The van der Waals surface area contributed by atoms with Crippen LogP contribution in [0.15, 0.2) is 0 Å². The Morgan fingerprint density at radius 1 is 1.00 bits per heavy atom. The molecule has 29 heavy (non-hydrogen) atoms. The number of hydrogen-bond donors (Lipinski definition) is 7. The van der Waals surface area contributed by atoms with Crippen LogP contribution in [0.4, 0.5) is 0 Å². The van der Waals surface area contributed by atoms with Crippen LogP contribution in [0.25, 0.3) is 0 Å². The smallest absolute Gasteiger partial charge is 0.328 e. The van der Waals surface area contributed by atoms with Gasteiger partial charge < -0.3 is 37.6 Å². The molecule has 4 atom stereocenters. The van der Waals surface area contributed by atoms with Crippen molar-refractivity contribution in [2.45, 2.75) is 50.4 Å². The number of carboxylic acids is 1. The van der Waals surface area contributed by atoms with E-state index in [0.717, 1.165) is 0 Å². The van der Waals surface area contributed by atoms with Gasteiger partial charge in [-0.05, 0) is 31.8 Å². The minimum Gasteiger partial charge on any atom is -0.480 e. The van der Waals surface area contributed by atoms with Crippen molar-refractivity contribution < 1.29 is 34.2 Å². The van der Waals surface area contributed by atoms with Gasteiger partial charge in [0, 0.05) is 6.42 Å². The largest absolute Gasteiger partial charge is 0.480 e. The van der Waals surface area contributed by atoms with Gasteiger partial charge in [-0.25, -0.2) is 4.79 Å². The Balaban J connectivity index is 5.32. The topological polar surface area (TPSA) is 214 Å². The van der Waals surface area contributed by atoms with Gasteiger partial charge in [0.05, 0.1) is 12.6 Å². The number of aliphatic hydroxyl groups is 1. The molecule has 0 spiro atoms. The van der Waals surface area contributed by atoms with Gasteiger partial charge in [-0.1, -0.05) is 0 Å². The molecule has 9 N–H and O–H groups in total. The van der Waals surface area contributed by atoms with Gasteiger partial charge in [-0.2, -0.15) is 11.8 Å². The highest BCUT2D eigenvalue weighted by Gasteiger charge is 2.31. The van der Waals surface area contributed by atoms with Crippen molar-refractivity contribution in [3.8, 4) is 0 Å². The van der Waals surface area contributed by atoms with Crippen LogP contribution in [0.1, 0.15) is 26.2 Å². The van der Waals surface area contributed by atoms with E-state index in [2.05, 4.69) is 16.0 Å². The number of nitrogens with one attached hydrogen (secondary N) is 3. The van der Waals surface area contributed by atoms with E-state index in [1.54, 1.807) is 6.26 Å². The lowest BCUT2D eigenvalue weighted by Gasteiger charge is -2.25. The van der Waals surface area contributed by atoms with Crippen molar-refractivity contribution >= 4 is 41.4 Å². The zero-order valence-corrected chi connectivity index (χ0v) is 17.2. The number of carbonyl (C=O) groups excluding carboxylic acids is 4. The molecule has 0 fully saturated rings. The molecular formula is C16H29N5O7S. The average molecular weight is 436 g/mol. The maximum absolute atomic E-state index is 12.6. The van der Waals surface area contributed by atoms with E-state index >= 15 is 0 Å². The summed E-state index contributed by atoms with van der Waals surface area (Å²) in [5.41, 5.74) is 10.3. The predicted molar refractivity (Wildman–Crippen MR) is 106 cm³/mol. The third-order valence-corrected chi connectivity index (χ3v) is 4.45. The van der Waals surface area contributed by atoms with E-state index in [-0.39, 0.29) is 25.8 Å². The van der Waals surface area contributed by atoms with Crippen molar-refractivity contribution in [3.63, 3.8) is 0 Å². The second-order valence-electron chi connectivity index (χ2n) is 6.24. The van der Waals surface area contributed by atoms with Gasteiger partial charge in [-0.3, -0.25) is 19.2 Å². The molecule has 13 heteroatoms. The number of rotatable bonds is 14. The Hall–Kier alpha value is -2.38. The number of thioether (sulfide) groups is 1. The van der Waals surface area contributed by atoms with Gasteiger partial charge in [-0.15, -0.1) is 0 Å². The Labute approximate surface area is 172 Å². The van der Waals surface area contributed by atoms with E-state index in [9.17, 15) is 29.1 Å². The zero-order valence-electron chi connectivity index (χ0n) is 16.3. The third kappa shape index (κ3) is 10.7. The minimum atomic E-state index is -1.56. The van der Waals surface area contributed by atoms with Crippen LogP contribution in [0, 0.1) is 0 Å². The highest BCUT2D eigenvalue weighted by molar-refractivity contribution is 7.98. The number of amides is 4. The van der Waals surface area contributed by atoms with Crippen LogP contribution in [-0.4, -0.2) is 82.6 Å². The van der Waals surface area contributed by atoms with Crippen molar-refractivity contribution in [2.24, 2.45) is 11.5 Å². The fourth-order valence-corrected chi connectivity index (χ4v) is 2.70. The number of hydrogen-bond acceptors (Lipinski definition) is 8. The highest BCUT2D eigenvalue weighted by atomic mass is 32.2. The normalized spacial score (nSPS) is 14.8. The highest BCUT2D eigenvalue weighted by Crippen LogP contribution is 2.05. The van der Waals surface area contributed by atoms with E-state index in [1.165, 1.54) is 18.7 Å². The van der Waals surface area contributed by atoms with Crippen LogP contribution in [0.2, 0.25) is 0 Å². The lowest BCUT2D eigenvalue weighted by atomic mass is 10.1. The van der Waals surface area contributed by atoms with E-state index in [1.807, 2.05) is 0 Å². The first-order valence-corrected chi connectivity index (χ1v) is 10.2.